The van der Waals surface area contributed by atoms with Gasteiger partial charge in [0.15, 0.2) is 0 Å². The second kappa shape index (κ2) is 6.73. The van der Waals surface area contributed by atoms with Crippen molar-refractivity contribution in [2.24, 2.45) is 17.8 Å². The number of hydrogen-bond donors (Lipinski definition) is 0. The van der Waals surface area contributed by atoms with Crippen LogP contribution < -0.4 is 10.3 Å². The van der Waals surface area contributed by atoms with Gasteiger partial charge in [0.2, 0.25) is 0 Å². The molecule has 0 aromatic carbocycles. The molecule has 2 heterocycles. The van der Waals surface area contributed by atoms with Gasteiger partial charge in [-0.15, -0.1) is 0 Å². The van der Waals surface area contributed by atoms with Gasteiger partial charge in [-0.3, -0.25) is 9.36 Å². The minimum Gasteiger partial charge on any atom is -0.492 e. The molecule has 4 nitrogen and oxygen atoms in total. The first kappa shape index (κ1) is 16.0. The Morgan fingerprint density at radius 1 is 1.35 bits per heavy atom. The normalized spacial score (nSPS) is 20.7. The number of ether oxygens (including phenoxy) is 1. The van der Waals surface area contributed by atoms with Gasteiger partial charge in [0, 0.05) is 18.0 Å². The molecule has 0 saturated heterocycles. The van der Waals surface area contributed by atoms with Gasteiger partial charge < -0.3 is 4.74 Å². The van der Waals surface area contributed by atoms with Gasteiger partial charge in [0.1, 0.15) is 11.4 Å². The first-order chi connectivity index (χ1) is 11.0. The molecular weight excluding hydrogens is 288 g/mol. The molecule has 0 radical (unpaired) electrons. The van der Waals surface area contributed by atoms with Gasteiger partial charge >= 0.3 is 0 Å². The van der Waals surface area contributed by atoms with Crippen LogP contribution in [-0.2, 0) is 6.54 Å². The van der Waals surface area contributed by atoms with E-state index in [2.05, 4.69) is 25.8 Å². The highest BCUT2D eigenvalue weighted by molar-refractivity contribution is 5.76. The highest BCUT2D eigenvalue weighted by Gasteiger charge is 2.26. The third kappa shape index (κ3) is 3.74. The van der Waals surface area contributed by atoms with Crippen molar-refractivity contribution < 1.29 is 4.74 Å². The third-order valence-electron chi connectivity index (χ3n) is 4.67. The topological polar surface area (TPSA) is 44.1 Å². The van der Waals surface area contributed by atoms with E-state index in [-0.39, 0.29) is 5.56 Å². The number of fused-ring (bicyclic) bond motifs is 1. The lowest BCUT2D eigenvalue weighted by molar-refractivity contribution is 0.187. The molecule has 1 fully saturated rings. The lowest BCUT2D eigenvalue weighted by Crippen LogP contribution is -2.30. The van der Waals surface area contributed by atoms with Gasteiger partial charge in [-0.25, -0.2) is 4.98 Å². The molecule has 1 saturated carbocycles. The molecule has 2 aromatic rings. The predicted octanol–water partition coefficient (Wildman–Crippen LogP) is 3.87. The molecule has 1 aliphatic carbocycles. The summed E-state index contributed by atoms with van der Waals surface area (Å²) in [6.07, 6.45) is 5.18. The summed E-state index contributed by atoms with van der Waals surface area (Å²) in [5, 5.41) is 0.971. The molecule has 0 unspecified atom stereocenters. The summed E-state index contributed by atoms with van der Waals surface area (Å²) in [5.41, 5.74) is 0.811. The van der Waals surface area contributed by atoms with E-state index < -0.39 is 0 Å². The van der Waals surface area contributed by atoms with Crippen LogP contribution in [0.25, 0.3) is 11.0 Å². The predicted molar refractivity (Wildman–Crippen MR) is 92.8 cm³/mol. The summed E-state index contributed by atoms with van der Waals surface area (Å²) in [7, 11) is 0. The van der Waals surface area contributed by atoms with Gasteiger partial charge in [-0.1, -0.05) is 20.8 Å². The summed E-state index contributed by atoms with van der Waals surface area (Å²) in [6.45, 7) is 8.11. The lowest BCUT2D eigenvalue weighted by atomic mass is 9.76. The van der Waals surface area contributed by atoms with E-state index in [0.717, 1.165) is 35.7 Å². The van der Waals surface area contributed by atoms with E-state index in [4.69, 9.17) is 4.74 Å². The summed E-state index contributed by atoms with van der Waals surface area (Å²) >= 11 is 0. The smallest absolute Gasteiger partial charge is 0.252 e. The standard InChI is InChI=1S/C19H26N2O2/c1-13(2)6-7-23-17-10-16-4-5-18(22)21(19(16)20-11-17)12-15-8-14(3)9-15/h4-5,10-11,13-15H,6-9,12H2,1-3H3. The largest absolute Gasteiger partial charge is 0.492 e. The van der Waals surface area contributed by atoms with Crippen LogP contribution in [0.4, 0.5) is 0 Å². The zero-order valence-electron chi connectivity index (χ0n) is 14.3. The van der Waals surface area contributed by atoms with E-state index in [1.807, 2.05) is 16.7 Å². The minimum absolute atomic E-state index is 0.0398. The average molecular weight is 314 g/mol. The maximum atomic E-state index is 12.2. The van der Waals surface area contributed by atoms with Crippen molar-refractivity contribution in [3.8, 4) is 5.75 Å². The van der Waals surface area contributed by atoms with E-state index in [9.17, 15) is 4.79 Å². The molecule has 0 spiro atoms. The highest BCUT2D eigenvalue weighted by atomic mass is 16.5. The molecule has 3 rings (SSSR count). The first-order valence-corrected chi connectivity index (χ1v) is 8.65. The molecule has 0 atom stereocenters. The zero-order chi connectivity index (χ0) is 16.4. The van der Waals surface area contributed by atoms with Crippen LogP contribution in [0.1, 0.15) is 40.0 Å². The lowest BCUT2D eigenvalue weighted by Gasteiger charge is -2.33. The number of pyridine rings is 2. The van der Waals surface area contributed by atoms with Crippen LogP contribution in [0, 0.1) is 17.8 Å². The Morgan fingerprint density at radius 3 is 2.83 bits per heavy atom. The Hall–Kier alpha value is -1.84. The van der Waals surface area contributed by atoms with Crippen molar-refractivity contribution in [2.45, 2.75) is 46.6 Å². The van der Waals surface area contributed by atoms with Crippen LogP contribution in [0.15, 0.2) is 29.2 Å². The summed E-state index contributed by atoms with van der Waals surface area (Å²) in [5.74, 6) is 2.80. The molecule has 4 heteroatoms. The fraction of sp³-hybridized carbons (Fsp3) is 0.579. The highest BCUT2D eigenvalue weighted by Crippen LogP contribution is 2.34. The van der Waals surface area contributed by atoms with Crippen LogP contribution in [0.2, 0.25) is 0 Å². The Bertz CT molecular complexity index is 730. The fourth-order valence-electron chi connectivity index (χ4n) is 3.30. The van der Waals surface area contributed by atoms with Crippen molar-refractivity contribution in [3.63, 3.8) is 0 Å². The summed E-state index contributed by atoms with van der Waals surface area (Å²) in [4.78, 5) is 16.7. The molecule has 0 aliphatic heterocycles. The quantitative estimate of drug-likeness (QED) is 0.813. The molecule has 0 N–H and O–H groups in total. The second-order valence-corrected chi connectivity index (χ2v) is 7.34. The maximum absolute atomic E-state index is 12.2. The van der Waals surface area contributed by atoms with Gasteiger partial charge in [-0.05, 0) is 49.1 Å². The Labute approximate surface area is 137 Å². The third-order valence-corrected chi connectivity index (χ3v) is 4.67. The van der Waals surface area contributed by atoms with E-state index in [0.29, 0.717) is 18.4 Å². The minimum atomic E-state index is 0.0398. The van der Waals surface area contributed by atoms with Crippen molar-refractivity contribution in [1.29, 1.82) is 0 Å². The van der Waals surface area contributed by atoms with Gasteiger partial charge in [0.05, 0.1) is 12.8 Å². The molecular formula is C19H26N2O2. The van der Waals surface area contributed by atoms with Crippen LogP contribution in [0.3, 0.4) is 0 Å². The molecule has 23 heavy (non-hydrogen) atoms. The van der Waals surface area contributed by atoms with Crippen LogP contribution in [0.5, 0.6) is 5.75 Å². The Morgan fingerprint density at radius 2 is 2.13 bits per heavy atom. The molecule has 1 aliphatic rings. The van der Waals surface area contributed by atoms with Gasteiger partial charge in [-0.2, -0.15) is 0 Å². The SMILES string of the molecule is CC(C)CCOc1cnc2c(ccc(=O)n2CC2CC(C)C2)c1. The molecule has 0 bridgehead atoms. The number of rotatable bonds is 6. The Balaban J connectivity index is 1.80. The fourth-order valence-corrected chi connectivity index (χ4v) is 3.30. The first-order valence-electron chi connectivity index (χ1n) is 8.65. The molecule has 0 amide bonds. The monoisotopic (exact) mass is 314 g/mol. The van der Waals surface area contributed by atoms with Crippen LogP contribution in [-0.4, -0.2) is 16.2 Å². The van der Waals surface area contributed by atoms with E-state index in [1.165, 1.54) is 12.8 Å². The number of hydrogen-bond acceptors (Lipinski definition) is 3. The zero-order valence-corrected chi connectivity index (χ0v) is 14.3. The molecule has 124 valence electrons. The molecule has 2 aromatic heterocycles. The van der Waals surface area contributed by atoms with E-state index in [1.54, 1.807) is 12.3 Å². The summed E-state index contributed by atoms with van der Waals surface area (Å²) in [6, 6.07) is 5.48. The summed E-state index contributed by atoms with van der Waals surface area (Å²) < 4.78 is 7.60. The van der Waals surface area contributed by atoms with Crippen molar-refractivity contribution in [1.82, 2.24) is 9.55 Å². The van der Waals surface area contributed by atoms with E-state index >= 15 is 0 Å². The van der Waals surface area contributed by atoms with Crippen LogP contribution >= 0.6 is 0 Å². The number of aromatic nitrogens is 2. The maximum Gasteiger partial charge on any atom is 0.252 e. The number of nitrogens with zero attached hydrogens (tertiary/aromatic N) is 2. The second-order valence-electron chi connectivity index (χ2n) is 7.34. The van der Waals surface area contributed by atoms with Crippen molar-refractivity contribution in [2.75, 3.05) is 6.61 Å². The van der Waals surface area contributed by atoms with Crippen molar-refractivity contribution in [3.05, 3.63) is 34.7 Å². The van der Waals surface area contributed by atoms with Crippen molar-refractivity contribution >= 4 is 11.0 Å². The Kier molecular flexibility index (Phi) is 4.69. The van der Waals surface area contributed by atoms with Gasteiger partial charge in [0.25, 0.3) is 5.56 Å². The average Bonchev–Trinajstić information content (AvgIpc) is 2.48.